The summed E-state index contributed by atoms with van der Waals surface area (Å²) in [6.07, 6.45) is 1.37. The summed E-state index contributed by atoms with van der Waals surface area (Å²) in [6, 6.07) is 14.2. The van der Waals surface area contributed by atoms with Gasteiger partial charge in [-0.1, -0.05) is 49.4 Å². The van der Waals surface area contributed by atoms with Crippen molar-refractivity contribution in [2.75, 3.05) is 0 Å². The highest BCUT2D eigenvalue weighted by Gasteiger charge is 2.22. The quantitative estimate of drug-likeness (QED) is 0.742. The van der Waals surface area contributed by atoms with Crippen molar-refractivity contribution in [3.8, 4) is 0 Å². The highest BCUT2D eigenvalue weighted by Crippen LogP contribution is 2.26. The fourth-order valence-electron chi connectivity index (χ4n) is 2.22. The minimum Gasteiger partial charge on any atom is -0.281 e. The van der Waals surface area contributed by atoms with E-state index in [2.05, 4.69) is 6.92 Å². The van der Waals surface area contributed by atoms with Gasteiger partial charge in [0.2, 0.25) is 5.24 Å². The maximum Gasteiger partial charge on any atom is 0.229 e. The third kappa shape index (κ3) is 3.45. The van der Waals surface area contributed by atoms with Crippen LogP contribution in [0.1, 0.15) is 29.5 Å². The maximum atomic E-state index is 13.8. The molecule has 0 bridgehead atoms. The second-order valence-corrected chi connectivity index (χ2v) is 5.12. The van der Waals surface area contributed by atoms with Crippen LogP contribution in [-0.4, -0.2) is 5.24 Å². The fourth-order valence-corrected chi connectivity index (χ4v) is 2.41. The molecule has 1 atom stereocenters. The minimum atomic E-state index is -0.648. The molecule has 0 heterocycles. The van der Waals surface area contributed by atoms with Crippen LogP contribution in [0.3, 0.4) is 0 Å². The average Bonchev–Trinajstić information content (AvgIpc) is 2.46. The summed E-state index contributed by atoms with van der Waals surface area (Å²) in [6.45, 7) is 2.08. The van der Waals surface area contributed by atoms with E-state index in [0.717, 1.165) is 12.0 Å². The van der Waals surface area contributed by atoms with Crippen molar-refractivity contribution in [3.05, 3.63) is 71.0 Å². The van der Waals surface area contributed by atoms with E-state index in [-0.39, 0.29) is 0 Å². The van der Waals surface area contributed by atoms with E-state index in [0.29, 0.717) is 12.0 Å². The van der Waals surface area contributed by atoms with Crippen LogP contribution in [0.15, 0.2) is 48.5 Å². The first-order valence-electron chi connectivity index (χ1n) is 6.63. The Kier molecular flexibility index (Phi) is 4.91. The Bertz CT molecular complexity index is 592. The Labute approximate surface area is 123 Å². The molecule has 0 aliphatic heterocycles. The lowest BCUT2D eigenvalue weighted by Crippen LogP contribution is -2.12. The van der Waals surface area contributed by atoms with Gasteiger partial charge in [-0.15, -0.1) is 0 Å². The molecule has 2 aromatic rings. The number of hydrogen-bond donors (Lipinski definition) is 0. The average molecular weight is 291 g/mol. The van der Waals surface area contributed by atoms with Crippen LogP contribution in [0.4, 0.5) is 4.39 Å². The zero-order valence-corrected chi connectivity index (χ0v) is 12.0. The summed E-state index contributed by atoms with van der Waals surface area (Å²) < 4.78 is 13.8. The highest BCUT2D eigenvalue weighted by molar-refractivity contribution is 6.64. The lowest BCUT2D eigenvalue weighted by atomic mass is 9.92. The summed E-state index contributed by atoms with van der Waals surface area (Å²) in [5, 5.41) is -0.533. The monoisotopic (exact) mass is 290 g/mol. The van der Waals surface area contributed by atoms with Crippen LogP contribution in [-0.2, 0) is 17.6 Å². The second-order valence-electron chi connectivity index (χ2n) is 4.75. The Morgan fingerprint density at radius 3 is 2.25 bits per heavy atom. The molecular formula is C17H16ClFO. The Morgan fingerprint density at radius 2 is 1.70 bits per heavy atom. The molecule has 0 saturated carbocycles. The SMILES string of the molecule is CCc1ccc(CC(C(=O)Cl)c2ccccc2F)cc1. The van der Waals surface area contributed by atoms with Gasteiger partial charge < -0.3 is 0 Å². The molecule has 1 nitrogen and oxygen atoms in total. The van der Waals surface area contributed by atoms with Crippen molar-refractivity contribution in [1.82, 2.24) is 0 Å². The van der Waals surface area contributed by atoms with Crippen LogP contribution < -0.4 is 0 Å². The lowest BCUT2D eigenvalue weighted by molar-refractivity contribution is -0.113. The maximum absolute atomic E-state index is 13.8. The predicted octanol–water partition coefficient (Wildman–Crippen LogP) is 4.48. The van der Waals surface area contributed by atoms with Crippen LogP contribution >= 0.6 is 11.6 Å². The molecule has 0 spiro atoms. The fraction of sp³-hybridized carbons (Fsp3) is 0.235. The van der Waals surface area contributed by atoms with E-state index in [1.54, 1.807) is 18.2 Å². The standard InChI is InChI=1S/C17H16ClFO/c1-2-12-7-9-13(10-8-12)11-15(17(18)20)14-5-3-4-6-16(14)19/h3-10,15H,2,11H2,1H3. The lowest BCUT2D eigenvalue weighted by Gasteiger charge is -2.14. The predicted molar refractivity (Wildman–Crippen MR) is 79.5 cm³/mol. The molecule has 0 saturated heterocycles. The van der Waals surface area contributed by atoms with Crippen molar-refractivity contribution in [2.24, 2.45) is 0 Å². The van der Waals surface area contributed by atoms with Gasteiger partial charge in [-0.05, 0) is 47.2 Å². The van der Waals surface area contributed by atoms with Gasteiger partial charge in [0.15, 0.2) is 0 Å². The molecule has 0 aliphatic carbocycles. The van der Waals surface area contributed by atoms with Crippen molar-refractivity contribution >= 4 is 16.8 Å². The van der Waals surface area contributed by atoms with Crippen LogP contribution in [0.2, 0.25) is 0 Å². The summed E-state index contributed by atoms with van der Waals surface area (Å²) in [4.78, 5) is 11.6. The van der Waals surface area contributed by atoms with Crippen molar-refractivity contribution < 1.29 is 9.18 Å². The van der Waals surface area contributed by atoms with Gasteiger partial charge in [0.25, 0.3) is 0 Å². The molecule has 3 heteroatoms. The summed E-state index contributed by atoms with van der Waals surface area (Å²) in [7, 11) is 0. The molecule has 0 aliphatic rings. The van der Waals surface area contributed by atoms with Crippen LogP contribution in [0, 0.1) is 5.82 Å². The zero-order valence-electron chi connectivity index (χ0n) is 11.3. The Balaban J connectivity index is 2.26. The highest BCUT2D eigenvalue weighted by atomic mass is 35.5. The number of carbonyl (C=O) groups excluding carboxylic acids is 1. The molecule has 104 valence electrons. The van der Waals surface area contributed by atoms with Gasteiger partial charge in [0, 0.05) is 0 Å². The third-order valence-corrected chi connectivity index (χ3v) is 3.69. The zero-order chi connectivity index (χ0) is 14.5. The topological polar surface area (TPSA) is 17.1 Å². The van der Waals surface area contributed by atoms with Crippen molar-refractivity contribution in [2.45, 2.75) is 25.7 Å². The number of halogens is 2. The Morgan fingerprint density at radius 1 is 1.10 bits per heavy atom. The molecule has 2 rings (SSSR count). The molecule has 0 fully saturated rings. The molecule has 0 aromatic heterocycles. The number of hydrogen-bond acceptors (Lipinski definition) is 1. The molecule has 0 radical (unpaired) electrons. The van der Waals surface area contributed by atoms with Crippen molar-refractivity contribution in [1.29, 1.82) is 0 Å². The van der Waals surface area contributed by atoms with Gasteiger partial charge >= 0.3 is 0 Å². The summed E-state index contributed by atoms with van der Waals surface area (Å²) in [5.41, 5.74) is 2.56. The van der Waals surface area contributed by atoms with E-state index in [9.17, 15) is 9.18 Å². The van der Waals surface area contributed by atoms with Gasteiger partial charge in [-0.25, -0.2) is 4.39 Å². The number of carbonyl (C=O) groups is 1. The molecule has 20 heavy (non-hydrogen) atoms. The van der Waals surface area contributed by atoms with E-state index < -0.39 is 17.0 Å². The first-order valence-corrected chi connectivity index (χ1v) is 7.01. The number of rotatable bonds is 5. The molecule has 2 aromatic carbocycles. The van der Waals surface area contributed by atoms with Gasteiger partial charge in [0.1, 0.15) is 5.82 Å². The minimum absolute atomic E-state index is 0.354. The molecule has 1 unspecified atom stereocenters. The van der Waals surface area contributed by atoms with Crippen molar-refractivity contribution in [3.63, 3.8) is 0 Å². The number of aryl methyl sites for hydroxylation is 1. The van der Waals surface area contributed by atoms with Crippen LogP contribution in [0.25, 0.3) is 0 Å². The molecule has 0 amide bonds. The smallest absolute Gasteiger partial charge is 0.229 e. The van der Waals surface area contributed by atoms with Gasteiger partial charge in [-0.3, -0.25) is 4.79 Å². The first-order chi connectivity index (χ1) is 9.61. The second kappa shape index (κ2) is 6.67. The van der Waals surface area contributed by atoms with Gasteiger partial charge in [0.05, 0.1) is 5.92 Å². The molecular weight excluding hydrogens is 275 g/mol. The van der Waals surface area contributed by atoms with E-state index in [1.807, 2.05) is 24.3 Å². The first kappa shape index (κ1) is 14.7. The van der Waals surface area contributed by atoms with Crippen LogP contribution in [0.5, 0.6) is 0 Å². The summed E-state index contributed by atoms with van der Waals surface area (Å²) in [5.74, 6) is -1.04. The number of benzene rings is 2. The largest absolute Gasteiger partial charge is 0.281 e. The normalized spacial score (nSPS) is 12.2. The van der Waals surface area contributed by atoms with E-state index >= 15 is 0 Å². The Hall–Kier alpha value is -1.67. The summed E-state index contributed by atoms with van der Waals surface area (Å²) >= 11 is 5.65. The van der Waals surface area contributed by atoms with E-state index in [4.69, 9.17) is 11.6 Å². The van der Waals surface area contributed by atoms with Gasteiger partial charge in [-0.2, -0.15) is 0 Å². The van der Waals surface area contributed by atoms with E-state index in [1.165, 1.54) is 11.6 Å². The molecule has 0 N–H and O–H groups in total. The third-order valence-electron chi connectivity index (χ3n) is 3.43.